The highest BCUT2D eigenvalue weighted by atomic mass is 16.6. The molecule has 13 atom stereocenters. The van der Waals surface area contributed by atoms with Gasteiger partial charge in [-0.05, 0) is 126 Å². The Balaban J connectivity index is 1.23. The number of carbonyl (C=O) groups is 1. The third-order valence-electron chi connectivity index (χ3n) is 15.2. The molecule has 2 spiro atoms. The van der Waals surface area contributed by atoms with Crippen LogP contribution in [0, 0.1) is 50.7 Å². The lowest BCUT2D eigenvalue weighted by atomic mass is 9.41. The molecule has 1 saturated heterocycles. The van der Waals surface area contributed by atoms with Gasteiger partial charge in [0, 0.05) is 30.5 Å². The predicted molar refractivity (Wildman–Crippen MR) is 175 cm³/mol. The van der Waals surface area contributed by atoms with Crippen LogP contribution in [0.25, 0.3) is 0 Å². The minimum Gasteiger partial charge on any atom is -0.446 e. The van der Waals surface area contributed by atoms with E-state index >= 15 is 0 Å². The van der Waals surface area contributed by atoms with E-state index in [1.54, 1.807) is 0 Å². The quantitative estimate of drug-likeness (QED) is 0.319. The Kier molecular flexibility index (Phi) is 8.33. The fraction of sp³-hybridized carbons (Fsp3) is 0.973. The molecule has 6 aliphatic rings. The van der Waals surface area contributed by atoms with Gasteiger partial charge in [0.25, 0.3) is 0 Å². The molecule has 1 aliphatic heterocycles. The van der Waals surface area contributed by atoms with E-state index in [0.717, 1.165) is 45.1 Å². The van der Waals surface area contributed by atoms with Crippen LogP contribution in [0.5, 0.6) is 0 Å². The summed E-state index contributed by atoms with van der Waals surface area (Å²) in [4.78, 5) is 14.8. The molecule has 8 nitrogen and oxygen atoms in total. The van der Waals surface area contributed by atoms with E-state index in [0.29, 0.717) is 30.9 Å². The SMILES string of the molecule is CCO[C@@H]([C@H]1C[C@@H](C)[C@H]2[C@H](O1)[C@H](O)[C@@]1(C)[C@@H]3CC[C@H]4C(C)(C)[C@@H](OC(=O)NCCN(C)C)CC[C@@]45C[C@@]35CC[C@]21C)C(C)(C)O. The normalized spacial score (nSPS) is 48.7. The van der Waals surface area contributed by atoms with Crippen LogP contribution in [-0.2, 0) is 14.2 Å². The molecule has 5 aliphatic carbocycles. The number of hydrogen-bond donors (Lipinski definition) is 3. The largest absolute Gasteiger partial charge is 0.446 e. The first kappa shape index (κ1) is 34.0. The van der Waals surface area contributed by atoms with Crippen LogP contribution in [0.2, 0.25) is 0 Å². The number of aliphatic hydroxyl groups is 2. The molecule has 258 valence electrons. The van der Waals surface area contributed by atoms with Crippen LogP contribution in [0.3, 0.4) is 0 Å². The van der Waals surface area contributed by atoms with Crippen molar-refractivity contribution in [1.82, 2.24) is 10.2 Å². The summed E-state index contributed by atoms with van der Waals surface area (Å²) in [5.74, 6) is 1.62. The van der Waals surface area contributed by atoms with Gasteiger partial charge in [0.15, 0.2) is 0 Å². The topological polar surface area (TPSA) is 100 Å². The summed E-state index contributed by atoms with van der Waals surface area (Å²) < 4.78 is 19.2. The van der Waals surface area contributed by atoms with Gasteiger partial charge in [-0.2, -0.15) is 0 Å². The summed E-state index contributed by atoms with van der Waals surface area (Å²) in [5.41, 5.74) is -0.844. The minimum absolute atomic E-state index is 0.00960. The maximum Gasteiger partial charge on any atom is 0.407 e. The average molecular weight is 633 g/mol. The van der Waals surface area contributed by atoms with E-state index in [-0.39, 0.29) is 57.4 Å². The molecule has 0 bridgehead atoms. The zero-order valence-corrected chi connectivity index (χ0v) is 29.9. The molecule has 0 aromatic carbocycles. The summed E-state index contributed by atoms with van der Waals surface area (Å²) in [7, 11) is 4.01. The summed E-state index contributed by atoms with van der Waals surface area (Å²) in [6, 6.07) is 0. The Hall–Kier alpha value is -0.930. The van der Waals surface area contributed by atoms with Gasteiger partial charge in [-0.25, -0.2) is 4.79 Å². The first-order chi connectivity index (χ1) is 20.9. The molecule has 6 fully saturated rings. The van der Waals surface area contributed by atoms with E-state index < -0.39 is 17.8 Å². The third kappa shape index (κ3) is 4.72. The van der Waals surface area contributed by atoms with Gasteiger partial charge in [0.05, 0.1) is 23.9 Å². The van der Waals surface area contributed by atoms with Gasteiger partial charge in [0.1, 0.15) is 12.2 Å². The van der Waals surface area contributed by atoms with Crippen LogP contribution >= 0.6 is 0 Å². The molecule has 0 aromatic rings. The third-order valence-corrected chi connectivity index (χ3v) is 15.2. The van der Waals surface area contributed by atoms with Crippen molar-refractivity contribution in [2.24, 2.45) is 50.7 Å². The summed E-state index contributed by atoms with van der Waals surface area (Å²) in [6.07, 6.45) is 6.89. The Bertz CT molecular complexity index is 1140. The summed E-state index contributed by atoms with van der Waals surface area (Å²) >= 11 is 0. The maximum atomic E-state index is 12.8. The molecule has 0 aromatic heterocycles. The molecule has 8 heteroatoms. The number of likely N-dealkylation sites (N-methyl/N-ethyl adjacent to an activating group) is 1. The monoisotopic (exact) mass is 632 g/mol. The highest BCUT2D eigenvalue weighted by Crippen LogP contribution is 2.89. The van der Waals surface area contributed by atoms with Gasteiger partial charge >= 0.3 is 6.09 Å². The molecule has 3 N–H and O–H groups in total. The number of ether oxygens (including phenoxy) is 3. The zero-order chi connectivity index (χ0) is 33.0. The van der Waals surface area contributed by atoms with Crippen molar-refractivity contribution in [1.29, 1.82) is 0 Å². The first-order valence-electron chi connectivity index (χ1n) is 18.2. The van der Waals surface area contributed by atoms with Crippen molar-refractivity contribution in [2.75, 3.05) is 33.8 Å². The van der Waals surface area contributed by atoms with Gasteiger partial charge in [-0.3, -0.25) is 0 Å². The maximum absolute atomic E-state index is 12.8. The highest BCUT2D eigenvalue weighted by molar-refractivity contribution is 5.67. The molecule has 45 heavy (non-hydrogen) atoms. The van der Waals surface area contributed by atoms with Crippen molar-refractivity contribution in [3.63, 3.8) is 0 Å². The van der Waals surface area contributed by atoms with Crippen molar-refractivity contribution in [2.45, 2.75) is 143 Å². The number of fused-ring (bicyclic) bond motifs is 4. The molecular weight excluding hydrogens is 568 g/mol. The van der Waals surface area contributed by atoms with E-state index in [9.17, 15) is 15.0 Å². The second-order valence-electron chi connectivity index (χ2n) is 18.2. The fourth-order valence-electron chi connectivity index (χ4n) is 13.2. The molecule has 1 heterocycles. The number of hydrogen-bond acceptors (Lipinski definition) is 7. The highest BCUT2D eigenvalue weighted by Gasteiger charge is 2.84. The van der Waals surface area contributed by atoms with E-state index in [1.807, 2.05) is 34.9 Å². The summed E-state index contributed by atoms with van der Waals surface area (Å²) in [6.45, 7) is 19.5. The Morgan fingerprint density at radius 2 is 1.73 bits per heavy atom. The average Bonchev–Trinajstić information content (AvgIpc) is 3.57. The standard InChI is InChI=1S/C37H64N2O6/c1-11-43-30(33(5,6)42)23-20-22(2)27-28(44-23)29(40)35(8)25-13-12-24-32(3,4)26(45-31(41)38-18-19-39(9)10)14-15-36(24)21-37(25,36)17-16-34(27,35)7/h22-30,40,42H,11-21H2,1-10H3,(H,38,41)/t22-,23-,24+,25+,26+,27+,28+,29+,30+,34-,35-,36-,37+/m1/s1. The Morgan fingerprint density at radius 1 is 1.07 bits per heavy atom. The molecule has 6 rings (SSSR count). The van der Waals surface area contributed by atoms with Crippen LogP contribution in [0.1, 0.15) is 107 Å². The Morgan fingerprint density at radius 3 is 2.38 bits per heavy atom. The van der Waals surface area contributed by atoms with Crippen LogP contribution in [-0.4, -0.2) is 91.1 Å². The van der Waals surface area contributed by atoms with Gasteiger partial charge in [-0.15, -0.1) is 0 Å². The Labute approximate surface area is 272 Å². The van der Waals surface area contributed by atoms with Crippen LogP contribution in [0.4, 0.5) is 4.79 Å². The van der Waals surface area contributed by atoms with Crippen LogP contribution < -0.4 is 5.32 Å². The van der Waals surface area contributed by atoms with E-state index in [1.165, 1.54) is 12.8 Å². The lowest BCUT2D eigenvalue weighted by Gasteiger charge is -2.63. The molecule has 5 saturated carbocycles. The van der Waals surface area contributed by atoms with Crippen molar-refractivity contribution in [3.05, 3.63) is 0 Å². The lowest BCUT2D eigenvalue weighted by Crippen LogP contribution is -2.60. The number of amides is 1. The molecule has 0 unspecified atom stereocenters. The minimum atomic E-state index is -1.03. The lowest BCUT2D eigenvalue weighted by molar-refractivity contribution is -0.215. The van der Waals surface area contributed by atoms with Crippen LogP contribution in [0.15, 0.2) is 0 Å². The smallest absolute Gasteiger partial charge is 0.407 e. The number of alkyl carbamates (subject to hydrolysis) is 1. The molecule has 0 radical (unpaired) electrons. The van der Waals surface area contributed by atoms with Crippen molar-refractivity contribution < 1.29 is 29.2 Å². The number of carbonyl (C=O) groups excluding carboxylic acids is 1. The second-order valence-corrected chi connectivity index (χ2v) is 18.2. The van der Waals surface area contributed by atoms with Crippen molar-refractivity contribution in [3.8, 4) is 0 Å². The van der Waals surface area contributed by atoms with Gasteiger partial charge < -0.3 is 34.6 Å². The zero-order valence-electron chi connectivity index (χ0n) is 29.9. The number of rotatable bonds is 8. The second kappa shape index (κ2) is 11.0. The van der Waals surface area contributed by atoms with Gasteiger partial charge in [0.2, 0.25) is 0 Å². The number of aliphatic hydroxyl groups excluding tert-OH is 1. The van der Waals surface area contributed by atoms with E-state index in [4.69, 9.17) is 14.2 Å². The fourth-order valence-corrected chi connectivity index (χ4v) is 13.2. The number of nitrogens with zero attached hydrogens (tertiary/aromatic N) is 1. The molecule has 1 amide bonds. The first-order valence-corrected chi connectivity index (χ1v) is 18.2. The van der Waals surface area contributed by atoms with Gasteiger partial charge in [-0.1, -0.05) is 34.6 Å². The number of nitrogens with one attached hydrogen (secondary N) is 1. The van der Waals surface area contributed by atoms with E-state index in [2.05, 4.69) is 44.8 Å². The predicted octanol–water partition coefficient (Wildman–Crippen LogP) is 5.63. The summed E-state index contributed by atoms with van der Waals surface area (Å²) in [5, 5.41) is 26.5. The van der Waals surface area contributed by atoms with Crippen molar-refractivity contribution >= 4 is 6.09 Å². The molecular formula is C37H64N2O6.